The third kappa shape index (κ3) is 6.44. The second-order valence-corrected chi connectivity index (χ2v) is 9.65. The molecule has 26 heavy (non-hydrogen) atoms. The maximum Gasteiger partial charge on any atom is 0.357 e. The Morgan fingerprint density at radius 3 is 1.85 bits per heavy atom. The quantitative estimate of drug-likeness (QED) is 0.406. The third-order valence-corrected chi connectivity index (χ3v) is 7.04. The average molecular weight is 482 g/mol. The van der Waals surface area contributed by atoms with Crippen LogP contribution in [-0.2, 0) is 10.1 Å². The minimum atomic E-state index is -4.28. The lowest BCUT2D eigenvalue weighted by atomic mass is 10.2. The molecule has 6 heteroatoms. The van der Waals surface area contributed by atoms with E-state index >= 15 is 0 Å². The number of rotatable bonds is 4. The third-order valence-electron chi connectivity index (χ3n) is 3.36. The molecule has 0 aliphatic heterocycles. The molecule has 0 spiro atoms. The van der Waals surface area contributed by atoms with Gasteiger partial charge in [0.25, 0.3) is 0 Å². The SMILES string of the molecule is COc1ccc([I+]c2ccccc2)cc1.Cc1ccccc1S(=O)(=O)[O-]. The van der Waals surface area contributed by atoms with Crippen molar-refractivity contribution >= 4 is 10.1 Å². The van der Waals surface area contributed by atoms with Gasteiger partial charge in [-0.3, -0.25) is 0 Å². The van der Waals surface area contributed by atoms with Crippen molar-refractivity contribution in [1.82, 2.24) is 0 Å². The average Bonchev–Trinajstić information content (AvgIpc) is 2.63. The summed E-state index contributed by atoms with van der Waals surface area (Å²) in [5.74, 6) is 0.927. The van der Waals surface area contributed by atoms with Crippen molar-refractivity contribution in [2.45, 2.75) is 11.8 Å². The summed E-state index contributed by atoms with van der Waals surface area (Å²) in [5.41, 5.74) is 0.488. The smallest absolute Gasteiger partial charge is 0.357 e. The summed E-state index contributed by atoms with van der Waals surface area (Å²) in [6, 6.07) is 25.1. The maximum atomic E-state index is 10.5. The van der Waals surface area contributed by atoms with Gasteiger partial charge >= 0.3 is 21.2 Å². The zero-order chi connectivity index (χ0) is 19.0. The van der Waals surface area contributed by atoms with Crippen LogP contribution in [0.15, 0.2) is 83.8 Å². The lowest BCUT2D eigenvalue weighted by molar-refractivity contribution is -0.597. The first-order valence-electron chi connectivity index (χ1n) is 7.75. The lowest BCUT2D eigenvalue weighted by Gasteiger charge is -2.08. The molecule has 0 amide bonds. The molecule has 0 atom stereocenters. The normalized spacial score (nSPS) is 10.6. The van der Waals surface area contributed by atoms with E-state index < -0.39 is 10.1 Å². The topological polar surface area (TPSA) is 66.4 Å². The van der Waals surface area contributed by atoms with Crippen LogP contribution in [-0.4, -0.2) is 20.1 Å². The highest BCUT2D eigenvalue weighted by Crippen LogP contribution is 2.12. The number of ether oxygens (including phenoxy) is 1. The van der Waals surface area contributed by atoms with E-state index in [-0.39, 0.29) is 26.1 Å². The van der Waals surface area contributed by atoms with Gasteiger partial charge in [0.2, 0.25) is 0 Å². The summed E-state index contributed by atoms with van der Waals surface area (Å²) in [5, 5.41) is 0. The number of aryl methyl sites for hydroxylation is 1. The molecule has 0 heterocycles. The minimum Gasteiger partial charge on any atom is -0.744 e. The molecule has 0 bridgehead atoms. The van der Waals surface area contributed by atoms with E-state index in [1.54, 1.807) is 26.2 Å². The van der Waals surface area contributed by atoms with Gasteiger partial charge in [-0.15, -0.1) is 0 Å². The molecule has 0 aliphatic rings. The minimum absolute atomic E-state index is 0.0449. The van der Waals surface area contributed by atoms with Gasteiger partial charge in [0.15, 0.2) is 7.14 Å². The second kappa shape index (κ2) is 9.70. The highest BCUT2D eigenvalue weighted by molar-refractivity contribution is 7.85. The fraction of sp³-hybridized carbons (Fsp3) is 0.100. The fourth-order valence-electron chi connectivity index (χ4n) is 2.07. The van der Waals surface area contributed by atoms with Gasteiger partial charge in [-0.05, 0) is 55.0 Å². The summed E-state index contributed by atoms with van der Waals surface area (Å²) in [4.78, 5) is -0.139. The zero-order valence-electron chi connectivity index (χ0n) is 14.4. The van der Waals surface area contributed by atoms with Gasteiger partial charge in [0.05, 0.1) is 12.0 Å². The van der Waals surface area contributed by atoms with Crippen molar-refractivity contribution in [3.8, 4) is 5.75 Å². The highest BCUT2D eigenvalue weighted by atomic mass is 127. The van der Waals surface area contributed by atoms with Crippen molar-refractivity contribution in [3.05, 3.63) is 91.6 Å². The summed E-state index contributed by atoms with van der Waals surface area (Å²) in [7, 11) is -2.59. The molecular weight excluding hydrogens is 463 g/mol. The molecule has 4 nitrogen and oxygen atoms in total. The van der Waals surface area contributed by atoms with Crippen molar-refractivity contribution < 1.29 is 38.9 Å². The zero-order valence-corrected chi connectivity index (χ0v) is 17.4. The first-order chi connectivity index (χ1) is 12.4. The van der Waals surface area contributed by atoms with E-state index in [4.69, 9.17) is 4.74 Å². The van der Waals surface area contributed by atoms with E-state index in [0.29, 0.717) is 5.56 Å². The van der Waals surface area contributed by atoms with Crippen LogP contribution in [0.5, 0.6) is 5.75 Å². The number of benzene rings is 3. The second-order valence-electron chi connectivity index (χ2n) is 5.27. The van der Waals surface area contributed by atoms with Crippen LogP contribution < -0.4 is 25.9 Å². The van der Waals surface area contributed by atoms with Crippen LogP contribution in [0.1, 0.15) is 5.56 Å². The first kappa shape index (κ1) is 20.4. The van der Waals surface area contributed by atoms with E-state index in [1.165, 1.54) is 19.3 Å². The molecule has 3 rings (SSSR count). The van der Waals surface area contributed by atoms with E-state index in [2.05, 4.69) is 42.5 Å². The molecule has 0 N–H and O–H groups in total. The Hall–Kier alpha value is -1.90. The van der Waals surface area contributed by atoms with Gasteiger partial charge in [-0.1, -0.05) is 36.4 Å². The Labute approximate surface area is 164 Å². The standard InChI is InChI=1S/C13H12IO.C7H8O3S/c1-15-13-9-7-12(8-10-13)14-11-5-3-2-4-6-11;1-6-4-2-3-5-7(6)11(8,9)10/h2-10H,1H3;2-5H,1H3,(H,8,9,10)/q+1;/p-1. The Balaban J connectivity index is 0.000000197. The van der Waals surface area contributed by atoms with Crippen LogP contribution >= 0.6 is 0 Å². The molecule has 0 saturated heterocycles. The molecule has 0 aliphatic carbocycles. The summed E-state index contributed by atoms with van der Waals surface area (Å²) in [6.45, 7) is 1.59. The first-order valence-corrected chi connectivity index (χ1v) is 11.3. The largest absolute Gasteiger partial charge is 0.744 e. The molecule has 3 aromatic rings. The van der Waals surface area contributed by atoms with Crippen LogP contribution in [0.4, 0.5) is 0 Å². The Kier molecular flexibility index (Phi) is 7.62. The van der Waals surface area contributed by atoms with E-state index in [0.717, 1.165) is 5.75 Å². The van der Waals surface area contributed by atoms with E-state index in [1.807, 2.05) is 12.1 Å². The van der Waals surface area contributed by atoms with E-state index in [9.17, 15) is 13.0 Å². The molecule has 0 unspecified atom stereocenters. The van der Waals surface area contributed by atoms with Crippen LogP contribution in [0.2, 0.25) is 0 Å². The molecule has 0 aromatic heterocycles. The van der Waals surface area contributed by atoms with Gasteiger partial charge in [-0.25, -0.2) is 8.42 Å². The summed E-state index contributed by atoms with van der Waals surface area (Å²) in [6.07, 6.45) is 0. The van der Waals surface area contributed by atoms with Gasteiger partial charge < -0.3 is 9.29 Å². The van der Waals surface area contributed by atoms with Gasteiger partial charge in [0.1, 0.15) is 15.9 Å². The van der Waals surface area contributed by atoms with Crippen molar-refractivity contribution in [2.24, 2.45) is 0 Å². The van der Waals surface area contributed by atoms with Crippen LogP contribution in [0.25, 0.3) is 0 Å². The number of hydrogen-bond donors (Lipinski definition) is 0. The fourth-order valence-corrected chi connectivity index (χ4v) is 4.99. The molecule has 0 saturated carbocycles. The van der Waals surface area contributed by atoms with Gasteiger partial charge in [0, 0.05) is 0 Å². The van der Waals surface area contributed by atoms with Gasteiger partial charge in [-0.2, -0.15) is 0 Å². The Morgan fingerprint density at radius 2 is 1.35 bits per heavy atom. The lowest BCUT2D eigenvalue weighted by Crippen LogP contribution is -3.61. The van der Waals surface area contributed by atoms with Crippen LogP contribution in [0, 0.1) is 14.1 Å². The monoisotopic (exact) mass is 482 g/mol. The molecule has 136 valence electrons. The van der Waals surface area contributed by atoms with Crippen LogP contribution in [0.3, 0.4) is 0 Å². The van der Waals surface area contributed by atoms with Crippen molar-refractivity contribution in [1.29, 1.82) is 0 Å². The highest BCUT2D eigenvalue weighted by Gasteiger charge is 2.14. The Morgan fingerprint density at radius 1 is 0.808 bits per heavy atom. The number of hydrogen-bond acceptors (Lipinski definition) is 4. The molecule has 0 fully saturated rings. The number of methoxy groups -OCH3 is 1. The van der Waals surface area contributed by atoms with Crippen molar-refractivity contribution in [2.75, 3.05) is 7.11 Å². The molecular formula is C20H19IO4S. The molecule has 3 aromatic carbocycles. The number of halogens is 1. The predicted octanol–water partition coefficient (Wildman–Crippen LogP) is 0.723. The van der Waals surface area contributed by atoms with Crippen molar-refractivity contribution in [3.63, 3.8) is 0 Å². The summed E-state index contributed by atoms with van der Waals surface area (Å²) < 4.78 is 39.5. The predicted molar refractivity (Wildman–Crippen MR) is 96.0 cm³/mol. The molecule has 0 radical (unpaired) electrons. The maximum absolute atomic E-state index is 10.5. The Bertz CT molecular complexity index is 924. The summed E-state index contributed by atoms with van der Waals surface area (Å²) >= 11 is -0.0449.